The molecule has 1 rings (SSSR count). The van der Waals surface area contributed by atoms with Crippen LogP contribution in [0.1, 0.15) is 25.6 Å². The van der Waals surface area contributed by atoms with Crippen LogP contribution < -0.4 is 0 Å². The molecule has 0 spiro atoms. The lowest BCUT2D eigenvalue weighted by Crippen LogP contribution is -1.91. The Bertz CT molecular complexity index is 205. The third kappa shape index (κ3) is 1.83. The summed E-state index contributed by atoms with van der Waals surface area (Å²) < 4.78 is 4.89. The Kier molecular flexibility index (Phi) is 2.04. The molecule has 0 bridgehead atoms. The summed E-state index contributed by atoms with van der Waals surface area (Å²) in [5.74, 6) is 2.69. The van der Waals surface area contributed by atoms with Gasteiger partial charge >= 0.3 is 0 Å². The van der Waals surface area contributed by atoms with Gasteiger partial charge in [0.05, 0.1) is 0 Å². The highest BCUT2D eigenvalue weighted by Gasteiger charge is 1.96. The summed E-state index contributed by atoms with van der Waals surface area (Å²) in [5.41, 5.74) is 0. The highest BCUT2D eigenvalue weighted by molar-refractivity contribution is 4.92. The maximum absolute atomic E-state index is 4.89. The van der Waals surface area contributed by atoms with E-state index in [0.29, 0.717) is 11.7 Å². The van der Waals surface area contributed by atoms with Gasteiger partial charge in [0.1, 0.15) is 0 Å². The van der Waals surface area contributed by atoms with Gasteiger partial charge in [0.25, 0.3) is 0 Å². The zero-order chi connectivity index (χ0) is 7.56. The second-order valence-corrected chi connectivity index (χ2v) is 2.62. The molecule has 0 saturated heterocycles. The molecule has 1 aromatic heterocycles. The largest absolute Gasteiger partial charge is 0.342 e. The third-order valence-corrected chi connectivity index (χ3v) is 1.07. The minimum absolute atomic E-state index is 0.705. The lowest BCUT2D eigenvalue weighted by Gasteiger charge is -2.11. The molecule has 0 atom stereocenters. The van der Waals surface area contributed by atoms with E-state index in [1.807, 2.05) is 20.8 Å². The van der Waals surface area contributed by atoms with E-state index in [4.69, 9.17) is 4.52 Å². The summed E-state index contributed by atoms with van der Waals surface area (Å²) >= 11 is 0. The van der Waals surface area contributed by atoms with Gasteiger partial charge in [0, 0.05) is 0 Å². The average molecular weight is 139 g/mol. The van der Waals surface area contributed by atoms with Gasteiger partial charge in [0.15, 0.2) is 11.7 Å². The fourth-order valence-corrected chi connectivity index (χ4v) is 0.714. The minimum Gasteiger partial charge on any atom is -0.342 e. The predicted octanol–water partition coefficient (Wildman–Crippen LogP) is 1.53. The van der Waals surface area contributed by atoms with Crippen molar-refractivity contribution in [2.24, 2.45) is 0 Å². The van der Waals surface area contributed by atoms with Crippen LogP contribution in [0.3, 0.4) is 0 Å². The van der Waals surface area contributed by atoms with Gasteiger partial charge in [-0.05, 0) is 6.92 Å². The number of rotatable bonds is 2. The van der Waals surface area contributed by atoms with Crippen LogP contribution in [0, 0.1) is 12.8 Å². The molecule has 0 N–H and O–H groups in total. The molecule has 0 saturated carbocycles. The molecule has 1 aromatic rings. The first-order valence-corrected chi connectivity index (χ1v) is 3.26. The van der Waals surface area contributed by atoms with E-state index in [0.717, 1.165) is 6.42 Å². The summed E-state index contributed by atoms with van der Waals surface area (Å²) in [4.78, 5) is 4.05. The molecule has 1 heterocycles. The second kappa shape index (κ2) is 2.82. The molecule has 0 unspecified atom stereocenters. The van der Waals surface area contributed by atoms with Crippen molar-refractivity contribution < 1.29 is 4.52 Å². The van der Waals surface area contributed by atoms with Crippen molar-refractivity contribution in [2.45, 2.75) is 27.2 Å². The van der Waals surface area contributed by atoms with Crippen LogP contribution in [0.5, 0.6) is 0 Å². The smallest absolute Gasteiger partial charge is 0.197 e. The van der Waals surface area contributed by atoms with Gasteiger partial charge in [0.2, 0.25) is 0 Å². The van der Waals surface area contributed by atoms with E-state index < -0.39 is 0 Å². The van der Waals surface area contributed by atoms with Crippen LogP contribution in [0.15, 0.2) is 4.52 Å². The van der Waals surface area contributed by atoms with Crippen molar-refractivity contribution in [1.82, 2.24) is 10.1 Å². The Balaban J connectivity index is 2.58. The van der Waals surface area contributed by atoms with Gasteiger partial charge in [-0.1, -0.05) is 11.6 Å². The van der Waals surface area contributed by atoms with Crippen LogP contribution in [0.4, 0.5) is 0 Å². The second-order valence-electron chi connectivity index (χ2n) is 2.62. The topological polar surface area (TPSA) is 38.9 Å². The molecule has 0 aromatic carbocycles. The minimum atomic E-state index is 0.705. The molecule has 3 heteroatoms. The van der Waals surface area contributed by atoms with E-state index in [-0.39, 0.29) is 0 Å². The zero-order valence-corrected chi connectivity index (χ0v) is 6.51. The maximum atomic E-state index is 4.89. The molecule has 0 aliphatic rings. The van der Waals surface area contributed by atoms with Gasteiger partial charge < -0.3 is 10.4 Å². The SMILES string of the molecule is Cc1noc(C[C-](C)C)n1. The van der Waals surface area contributed by atoms with Crippen molar-refractivity contribution in [3.63, 3.8) is 0 Å². The van der Waals surface area contributed by atoms with Crippen molar-refractivity contribution in [3.05, 3.63) is 17.6 Å². The fourth-order valence-electron chi connectivity index (χ4n) is 0.714. The molecule has 10 heavy (non-hydrogen) atoms. The number of hydrogen-bond donors (Lipinski definition) is 0. The first-order valence-electron chi connectivity index (χ1n) is 3.26. The number of aromatic nitrogens is 2. The van der Waals surface area contributed by atoms with E-state index in [9.17, 15) is 0 Å². The van der Waals surface area contributed by atoms with Gasteiger partial charge in [-0.3, -0.25) is 0 Å². The molecular weight excluding hydrogens is 128 g/mol. The quantitative estimate of drug-likeness (QED) is 0.583. The van der Waals surface area contributed by atoms with Crippen molar-refractivity contribution in [1.29, 1.82) is 0 Å². The first-order chi connectivity index (χ1) is 4.68. The van der Waals surface area contributed by atoms with E-state index in [1.54, 1.807) is 0 Å². The van der Waals surface area contributed by atoms with Crippen LogP contribution in [-0.2, 0) is 6.42 Å². The summed E-state index contributed by atoms with van der Waals surface area (Å²) in [7, 11) is 0. The van der Waals surface area contributed by atoms with Gasteiger partial charge in [-0.25, -0.2) is 0 Å². The maximum Gasteiger partial charge on any atom is 0.197 e. The van der Waals surface area contributed by atoms with Crippen LogP contribution in [-0.4, -0.2) is 10.1 Å². The van der Waals surface area contributed by atoms with Crippen LogP contribution in [0.2, 0.25) is 0 Å². The summed E-state index contributed by atoms with van der Waals surface area (Å²) in [6.45, 7) is 5.90. The summed E-state index contributed by atoms with van der Waals surface area (Å²) in [6, 6.07) is 0. The predicted molar refractivity (Wildman–Crippen MR) is 37.3 cm³/mol. The van der Waals surface area contributed by atoms with Crippen molar-refractivity contribution in [2.75, 3.05) is 0 Å². The lowest BCUT2D eigenvalue weighted by atomic mass is 10.1. The molecule has 0 aliphatic heterocycles. The standard InChI is InChI=1S/C7H11N2O/c1-5(2)4-7-8-6(3)9-10-7/h4H2,1-3H3/q-1. The molecule has 0 aliphatic carbocycles. The molecule has 0 fully saturated rings. The van der Waals surface area contributed by atoms with Gasteiger partial charge in [-0.15, -0.1) is 0 Å². The highest BCUT2D eigenvalue weighted by atomic mass is 16.5. The first kappa shape index (κ1) is 7.25. The Morgan fingerprint density at radius 1 is 1.50 bits per heavy atom. The fraction of sp³-hybridized carbons (Fsp3) is 0.571. The van der Waals surface area contributed by atoms with E-state index in [1.165, 1.54) is 5.92 Å². The molecule has 56 valence electrons. The summed E-state index contributed by atoms with van der Waals surface area (Å²) in [5, 5.41) is 3.67. The third-order valence-electron chi connectivity index (χ3n) is 1.07. The van der Waals surface area contributed by atoms with E-state index in [2.05, 4.69) is 10.1 Å². The molecular formula is C7H11N2O-. The Hall–Kier alpha value is -0.860. The summed E-state index contributed by atoms with van der Waals surface area (Å²) in [6.07, 6.45) is 0.792. The van der Waals surface area contributed by atoms with Crippen LogP contribution >= 0.6 is 0 Å². The molecule has 0 amide bonds. The van der Waals surface area contributed by atoms with Crippen LogP contribution in [0.25, 0.3) is 0 Å². The normalized spacial score (nSPS) is 10.8. The van der Waals surface area contributed by atoms with Crippen molar-refractivity contribution in [3.8, 4) is 0 Å². The highest BCUT2D eigenvalue weighted by Crippen LogP contribution is 2.05. The molecule has 3 nitrogen and oxygen atoms in total. The zero-order valence-electron chi connectivity index (χ0n) is 6.51. The molecule has 0 radical (unpaired) electrons. The monoisotopic (exact) mass is 139 g/mol. The average Bonchev–Trinajstić information content (AvgIpc) is 2.13. The van der Waals surface area contributed by atoms with E-state index >= 15 is 0 Å². The Labute approximate surface area is 60.4 Å². The number of hydrogen-bond acceptors (Lipinski definition) is 3. The Morgan fingerprint density at radius 3 is 2.60 bits per heavy atom. The van der Waals surface area contributed by atoms with Gasteiger partial charge in [-0.2, -0.15) is 18.8 Å². The van der Waals surface area contributed by atoms with Crippen molar-refractivity contribution >= 4 is 0 Å². The number of nitrogens with zero attached hydrogens (tertiary/aromatic N) is 2. The lowest BCUT2D eigenvalue weighted by molar-refractivity contribution is 0.377. The number of aryl methyl sites for hydroxylation is 1. The Morgan fingerprint density at radius 2 is 2.20 bits per heavy atom.